The van der Waals surface area contributed by atoms with Gasteiger partial charge in [0.15, 0.2) is 6.10 Å². The highest BCUT2D eigenvalue weighted by molar-refractivity contribution is 5.87. The number of hydrogen-bond acceptors (Lipinski definition) is 3. The quantitative estimate of drug-likeness (QED) is 0.667. The van der Waals surface area contributed by atoms with Crippen LogP contribution in [0.5, 0.6) is 0 Å². The lowest BCUT2D eigenvalue weighted by Gasteiger charge is -2.05. The first-order valence-electron chi connectivity index (χ1n) is 4.24. The summed E-state index contributed by atoms with van der Waals surface area (Å²) in [5.74, 6) is -2.41. The van der Waals surface area contributed by atoms with E-state index in [4.69, 9.17) is 15.3 Å². The molecule has 15 heavy (non-hydrogen) atoms. The van der Waals surface area contributed by atoms with Gasteiger partial charge in [-0.2, -0.15) is 0 Å². The molecule has 0 saturated heterocycles. The molecule has 1 aromatic carbocycles. The average molecular weight is 210 g/mol. The molecule has 0 aliphatic carbocycles. The van der Waals surface area contributed by atoms with Gasteiger partial charge in [-0.3, -0.25) is 0 Å². The zero-order valence-electron chi connectivity index (χ0n) is 7.75. The minimum absolute atomic E-state index is 0.0742. The van der Waals surface area contributed by atoms with Crippen molar-refractivity contribution in [3.63, 3.8) is 0 Å². The highest BCUT2D eigenvalue weighted by atomic mass is 16.4. The summed E-state index contributed by atoms with van der Waals surface area (Å²) in [6.07, 6.45) is -1.61. The third-order valence-corrected chi connectivity index (χ3v) is 1.89. The van der Waals surface area contributed by atoms with Gasteiger partial charge in [0.1, 0.15) is 0 Å². The second-order valence-corrected chi connectivity index (χ2v) is 3.06. The average Bonchev–Trinajstić information content (AvgIpc) is 2.18. The Labute approximate surface area is 85.6 Å². The lowest BCUT2D eigenvalue weighted by Crippen LogP contribution is -2.22. The van der Waals surface area contributed by atoms with E-state index in [9.17, 15) is 9.59 Å². The Balaban J connectivity index is 2.82. The lowest BCUT2D eigenvalue weighted by molar-refractivity contribution is -0.146. The Bertz CT molecular complexity index is 385. The normalized spacial score (nSPS) is 12.1. The Kier molecular flexibility index (Phi) is 3.41. The SMILES string of the molecule is O=C(O)c1cccc(CC(O)C(=O)O)c1. The van der Waals surface area contributed by atoms with Crippen LogP contribution < -0.4 is 0 Å². The zero-order valence-corrected chi connectivity index (χ0v) is 7.75. The maximum Gasteiger partial charge on any atom is 0.335 e. The van der Waals surface area contributed by atoms with Gasteiger partial charge in [0.25, 0.3) is 0 Å². The van der Waals surface area contributed by atoms with Crippen LogP contribution in [0, 0.1) is 0 Å². The molecule has 0 spiro atoms. The van der Waals surface area contributed by atoms with Crippen molar-refractivity contribution in [3.8, 4) is 0 Å². The van der Waals surface area contributed by atoms with Crippen LogP contribution in [0.15, 0.2) is 24.3 Å². The van der Waals surface area contributed by atoms with Crippen molar-refractivity contribution in [3.05, 3.63) is 35.4 Å². The smallest absolute Gasteiger partial charge is 0.335 e. The minimum Gasteiger partial charge on any atom is -0.479 e. The highest BCUT2D eigenvalue weighted by Gasteiger charge is 2.14. The zero-order chi connectivity index (χ0) is 11.4. The number of aliphatic carboxylic acids is 1. The fourth-order valence-electron chi connectivity index (χ4n) is 1.14. The molecular formula is C10H10O5. The predicted molar refractivity (Wildman–Crippen MR) is 50.7 cm³/mol. The van der Waals surface area contributed by atoms with Crippen LogP contribution in [-0.2, 0) is 11.2 Å². The van der Waals surface area contributed by atoms with E-state index in [0.717, 1.165) is 0 Å². The number of aliphatic hydroxyl groups excluding tert-OH is 1. The monoisotopic (exact) mass is 210 g/mol. The number of carboxylic acids is 2. The molecule has 80 valence electrons. The Hall–Kier alpha value is -1.88. The van der Waals surface area contributed by atoms with Gasteiger partial charge in [-0.1, -0.05) is 12.1 Å². The first-order valence-corrected chi connectivity index (χ1v) is 4.24. The second-order valence-electron chi connectivity index (χ2n) is 3.06. The molecule has 1 atom stereocenters. The van der Waals surface area contributed by atoms with Crippen LogP contribution in [0.25, 0.3) is 0 Å². The van der Waals surface area contributed by atoms with E-state index in [0.29, 0.717) is 5.56 Å². The summed E-state index contributed by atoms with van der Waals surface area (Å²) in [6, 6.07) is 5.82. The second kappa shape index (κ2) is 4.56. The third-order valence-electron chi connectivity index (χ3n) is 1.89. The molecule has 0 aliphatic rings. The molecule has 1 unspecified atom stereocenters. The third kappa shape index (κ3) is 3.07. The number of benzene rings is 1. The number of aromatic carboxylic acids is 1. The minimum atomic E-state index is -1.51. The molecule has 1 rings (SSSR count). The van der Waals surface area contributed by atoms with E-state index in [1.54, 1.807) is 6.07 Å². The summed E-state index contributed by atoms with van der Waals surface area (Å²) in [4.78, 5) is 21.0. The molecule has 5 heteroatoms. The summed E-state index contributed by atoms with van der Waals surface area (Å²) < 4.78 is 0. The van der Waals surface area contributed by atoms with Gasteiger partial charge >= 0.3 is 11.9 Å². The summed E-state index contributed by atoms with van der Waals surface area (Å²) >= 11 is 0. The molecule has 0 radical (unpaired) electrons. The number of aliphatic hydroxyl groups is 1. The summed E-state index contributed by atoms with van der Waals surface area (Å²) in [7, 11) is 0. The first-order chi connectivity index (χ1) is 7.00. The van der Waals surface area contributed by atoms with E-state index in [2.05, 4.69) is 0 Å². The molecule has 0 heterocycles. The van der Waals surface area contributed by atoms with Crippen LogP contribution in [0.3, 0.4) is 0 Å². The van der Waals surface area contributed by atoms with Gasteiger partial charge in [0.2, 0.25) is 0 Å². The van der Waals surface area contributed by atoms with Gasteiger partial charge in [-0.05, 0) is 17.7 Å². The molecule has 0 amide bonds. The van der Waals surface area contributed by atoms with E-state index < -0.39 is 18.0 Å². The van der Waals surface area contributed by atoms with Crippen LogP contribution in [0.4, 0.5) is 0 Å². The number of carbonyl (C=O) groups is 2. The van der Waals surface area contributed by atoms with E-state index in [1.807, 2.05) is 0 Å². The lowest BCUT2D eigenvalue weighted by atomic mass is 10.1. The van der Waals surface area contributed by atoms with Crippen molar-refractivity contribution >= 4 is 11.9 Å². The van der Waals surface area contributed by atoms with Crippen molar-refractivity contribution in [2.45, 2.75) is 12.5 Å². The van der Waals surface area contributed by atoms with E-state index >= 15 is 0 Å². The van der Waals surface area contributed by atoms with Crippen molar-refractivity contribution in [1.82, 2.24) is 0 Å². The Morgan fingerprint density at radius 2 is 1.93 bits per heavy atom. The van der Waals surface area contributed by atoms with Crippen LogP contribution in [0.2, 0.25) is 0 Å². The molecule has 5 nitrogen and oxygen atoms in total. The Morgan fingerprint density at radius 3 is 2.47 bits per heavy atom. The van der Waals surface area contributed by atoms with Gasteiger partial charge in [0, 0.05) is 6.42 Å². The van der Waals surface area contributed by atoms with E-state index in [1.165, 1.54) is 18.2 Å². The maximum absolute atomic E-state index is 10.6. The summed E-state index contributed by atoms with van der Waals surface area (Å²) in [6.45, 7) is 0. The molecule has 0 fully saturated rings. The fraction of sp³-hybridized carbons (Fsp3) is 0.200. The standard InChI is InChI=1S/C10H10O5/c11-8(10(14)15)5-6-2-1-3-7(4-6)9(12)13/h1-4,8,11H,5H2,(H,12,13)(H,14,15). The predicted octanol–water partition coefficient (Wildman–Crippen LogP) is 0.373. The molecule has 0 aliphatic heterocycles. The Morgan fingerprint density at radius 1 is 1.27 bits per heavy atom. The van der Waals surface area contributed by atoms with Gasteiger partial charge in [-0.15, -0.1) is 0 Å². The van der Waals surface area contributed by atoms with Crippen molar-refractivity contribution < 1.29 is 24.9 Å². The van der Waals surface area contributed by atoms with Crippen molar-refractivity contribution in [2.75, 3.05) is 0 Å². The largest absolute Gasteiger partial charge is 0.479 e. The van der Waals surface area contributed by atoms with Crippen molar-refractivity contribution in [1.29, 1.82) is 0 Å². The topological polar surface area (TPSA) is 94.8 Å². The van der Waals surface area contributed by atoms with Crippen molar-refractivity contribution in [2.24, 2.45) is 0 Å². The number of carboxylic acid groups (broad SMARTS) is 2. The fourth-order valence-corrected chi connectivity index (χ4v) is 1.14. The molecule has 1 aromatic rings. The molecular weight excluding hydrogens is 200 g/mol. The van der Waals surface area contributed by atoms with Gasteiger partial charge in [0.05, 0.1) is 5.56 Å². The van der Waals surface area contributed by atoms with Crippen LogP contribution >= 0.6 is 0 Å². The first kappa shape index (κ1) is 11.2. The van der Waals surface area contributed by atoms with Gasteiger partial charge in [-0.25, -0.2) is 9.59 Å². The number of hydrogen-bond donors (Lipinski definition) is 3. The van der Waals surface area contributed by atoms with Gasteiger partial charge < -0.3 is 15.3 Å². The summed E-state index contributed by atoms with van der Waals surface area (Å²) in [5, 5.41) is 26.2. The molecule has 0 aromatic heterocycles. The maximum atomic E-state index is 10.6. The van der Waals surface area contributed by atoms with Crippen LogP contribution in [0.1, 0.15) is 15.9 Å². The summed E-state index contributed by atoms with van der Waals surface area (Å²) in [5.41, 5.74) is 0.551. The highest BCUT2D eigenvalue weighted by Crippen LogP contribution is 2.08. The molecule has 3 N–H and O–H groups in total. The number of rotatable bonds is 4. The van der Waals surface area contributed by atoms with Crippen LogP contribution in [-0.4, -0.2) is 33.4 Å². The molecule has 0 bridgehead atoms. The van der Waals surface area contributed by atoms with E-state index in [-0.39, 0.29) is 12.0 Å². The molecule has 0 saturated carbocycles.